The fraction of sp³-hybridized carbons (Fsp3) is 0.846. The maximum atomic E-state index is 5.69. The van der Waals surface area contributed by atoms with Crippen LogP contribution < -0.4 is 5.32 Å². The van der Waals surface area contributed by atoms with Crippen molar-refractivity contribution in [3.05, 3.63) is 5.82 Å². The van der Waals surface area contributed by atoms with Gasteiger partial charge < -0.3 is 14.6 Å². The minimum atomic E-state index is -0.334. The Kier molecular flexibility index (Phi) is 4.22. The quantitative estimate of drug-likeness (QED) is 0.874. The summed E-state index contributed by atoms with van der Waals surface area (Å²) < 4.78 is 10.9. The van der Waals surface area contributed by atoms with E-state index in [4.69, 9.17) is 9.26 Å². The summed E-state index contributed by atoms with van der Waals surface area (Å²) in [5.74, 6) is 1.24. The first-order valence-electron chi connectivity index (χ1n) is 6.79. The molecule has 1 fully saturated rings. The van der Waals surface area contributed by atoms with Crippen LogP contribution >= 0.6 is 0 Å². The second-order valence-corrected chi connectivity index (χ2v) is 5.46. The molecule has 0 saturated heterocycles. The smallest absolute Gasteiger partial charge is 0.321 e. The van der Waals surface area contributed by atoms with Gasteiger partial charge in [-0.3, -0.25) is 0 Å². The molecular weight excluding hydrogens is 230 g/mol. The molecule has 2 rings (SSSR count). The molecule has 1 aliphatic rings. The molecule has 1 heterocycles. The zero-order valence-corrected chi connectivity index (χ0v) is 11.5. The van der Waals surface area contributed by atoms with Crippen LogP contribution in [0.25, 0.3) is 0 Å². The van der Waals surface area contributed by atoms with Crippen molar-refractivity contribution < 1.29 is 9.26 Å². The number of anilines is 1. The van der Waals surface area contributed by atoms with E-state index in [1.165, 1.54) is 6.42 Å². The summed E-state index contributed by atoms with van der Waals surface area (Å²) >= 11 is 0. The van der Waals surface area contributed by atoms with Crippen LogP contribution in [0.15, 0.2) is 4.52 Å². The molecule has 1 saturated carbocycles. The topological polar surface area (TPSA) is 60.2 Å². The lowest BCUT2D eigenvalue weighted by Gasteiger charge is -2.32. The van der Waals surface area contributed by atoms with Crippen molar-refractivity contribution in [2.75, 3.05) is 19.0 Å². The lowest BCUT2D eigenvalue weighted by Crippen LogP contribution is -2.32. The molecule has 1 aromatic rings. The van der Waals surface area contributed by atoms with E-state index in [2.05, 4.69) is 29.3 Å². The van der Waals surface area contributed by atoms with Gasteiger partial charge in [0, 0.05) is 13.7 Å². The summed E-state index contributed by atoms with van der Waals surface area (Å²) in [5.41, 5.74) is -0.334. The van der Waals surface area contributed by atoms with Gasteiger partial charge in [0.2, 0.25) is 5.82 Å². The van der Waals surface area contributed by atoms with Gasteiger partial charge in [0.25, 0.3) is 0 Å². The molecule has 1 aromatic heterocycles. The average Bonchev–Trinajstić information content (AvgIpc) is 2.86. The predicted octanol–water partition coefficient (Wildman–Crippen LogP) is 2.94. The number of hydrogen-bond acceptors (Lipinski definition) is 5. The Balaban J connectivity index is 2.07. The minimum Gasteiger partial charge on any atom is -0.370 e. The lowest BCUT2D eigenvalue weighted by molar-refractivity contribution is -0.0527. The van der Waals surface area contributed by atoms with Crippen LogP contribution in [-0.2, 0) is 10.3 Å². The van der Waals surface area contributed by atoms with Gasteiger partial charge in [-0.05, 0) is 18.8 Å². The van der Waals surface area contributed by atoms with Gasteiger partial charge in [-0.15, -0.1) is 0 Å². The van der Waals surface area contributed by atoms with E-state index < -0.39 is 0 Å². The van der Waals surface area contributed by atoms with E-state index in [9.17, 15) is 0 Å². The minimum absolute atomic E-state index is 0.334. The van der Waals surface area contributed by atoms with Crippen LogP contribution in [0.5, 0.6) is 0 Å². The van der Waals surface area contributed by atoms with Crippen molar-refractivity contribution >= 4 is 6.01 Å². The second kappa shape index (κ2) is 5.69. The van der Waals surface area contributed by atoms with Gasteiger partial charge >= 0.3 is 6.01 Å². The first-order chi connectivity index (χ1) is 8.66. The van der Waals surface area contributed by atoms with Crippen LogP contribution in [0.3, 0.4) is 0 Å². The molecule has 0 unspecified atom stereocenters. The summed E-state index contributed by atoms with van der Waals surface area (Å²) in [7, 11) is 1.74. The molecule has 0 amide bonds. The Bertz CT molecular complexity index is 370. The molecule has 0 atom stereocenters. The molecule has 0 radical (unpaired) electrons. The van der Waals surface area contributed by atoms with Gasteiger partial charge in [0.1, 0.15) is 5.60 Å². The molecule has 102 valence electrons. The van der Waals surface area contributed by atoms with Crippen LogP contribution in [0.1, 0.15) is 51.8 Å². The highest BCUT2D eigenvalue weighted by molar-refractivity contribution is 5.20. The van der Waals surface area contributed by atoms with Crippen molar-refractivity contribution in [2.24, 2.45) is 5.92 Å². The number of ether oxygens (including phenoxy) is 1. The van der Waals surface area contributed by atoms with Gasteiger partial charge in [0.05, 0.1) is 0 Å². The first kappa shape index (κ1) is 13.3. The Morgan fingerprint density at radius 3 is 2.67 bits per heavy atom. The number of nitrogens with zero attached hydrogens (tertiary/aromatic N) is 2. The summed E-state index contributed by atoms with van der Waals surface area (Å²) in [4.78, 5) is 4.43. The molecule has 0 bridgehead atoms. The van der Waals surface area contributed by atoms with Crippen molar-refractivity contribution in [3.8, 4) is 0 Å². The Morgan fingerprint density at radius 2 is 2.06 bits per heavy atom. The van der Waals surface area contributed by atoms with Crippen molar-refractivity contribution in [1.29, 1.82) is 0 Å². The molecule has 1 N–H and O–H groups in total. The molecule has 5 nitrogen and oxygen atoms in total. The molecule has 0 spiro atoms. The predicted molar refractivity (Wildman–Crippen MR) is 69.4 cm³/mol. The van der Waals surface area contributed by atoms with Crippen LogP contribution in [0.4, 0.5) is 6.01 Å². The highest BCUT2D eigenvalue weighted by Gasteiger charge is 2.38. The molecular formula is C13H23N3O2. The fourth-order valence-electron chi connectivity index (χ4n) is 2.41. The second-order valence-electron chi connectivity index (χ2n) is 5.46. The third-order valence-electron chi connectivity index (χ3n) is 3.55. The van der Waals surface area contributed by atoms with Crippen LogP contribution in [0, 0.1) is 5.92 Å². The maximum absolute atomic E-state index is 5.69. The molecule has 1 aliphatic carbocycles. The molecule has 5 heteroatoms. The Labute approximate surface area is 108 Å². The standard InChI is InChI=1S/C13H23N3O2/c1-10(2)9-14-12-15-11(16-18-12)13(17-3)7-5-4-6-8-13/h10H,4-9H2,1-3H3,(H,14,15,16). The van der Waals surface area contributed by atoms with E-state index >= 15 is 0 Å². The van der Waals surface area contributed by atoms with E-state index in [1.807, 2.05) is 0 Å². The summed E-state index contributed by atoms with van der Waals surface area (Å²) in [6.45, 7) is 5.12. The number of hydrogen-bond donors (Lipinski definition) is 1. The summed E-state index contributed by atoms with van der Waals surface area (Å²) in [5, 5.41) is 7.24. The van der Waals surface area contributed by atoms with E-state index in [0.717, 1.165) is 32.2 Å². The van der Waals surface area contributed by atoms with E-state index in [-0.39, 0.29) is 5.60 Å². The van der Waals surface area contributed by atoms with Gasteiger partial charge in [-0.25, -0.2) is 0 Å². The van der Waals surface area contributed by atoms with Crippen molar-refractivity contribution in [1.82, 2.24) is 10.1 Å². The number of nitrogens with one attached hydrogen (secondary N) is 1. The average molecular weight is 253 g/mol. The lowest BCUT2D eigenvalue weighted by atomic mass is 9.84. The number of aromatic nitrogens is 2. The maximum Gasteiger partial charge on any atom is 0.321 e. The Hall–Kier alpha value is -1.10. The fourth-order valence-corrected chi connectivity index (χ4v) is 2.41. The van der Waals surface area contributed by atoms with E-state index in [1.54, 1.807) is 7.11 Å². The Morgan fingerprint density at radius 1 is 1.33 bits per heavy atom. The highest BCUT2D eigenvalue weighted by atomic mass is 16.5. The first-order valence-corrected chi connectivity index (χ1v) is 6.79. The molecule has 0 aliphatic heterocycles. The highest BCUT2D eigenvalue weighted by Crippen LogP contribution is 2.38. The van der Waals surface area contributed by atoms with Crippen LogP contribution in [0.2, 0.25) is 0 Å². The van der Waals surface area contributed by atoms with Crippen LogP contribution in [-0.4, -0.2) is 23.8 Å². The van der Waals surface area contributed by atoms with Crippen molar-refractivity contribution in [3.63, 3.8) is 0 Å². The normalized spacial score (nSPS) is 19.1. The van der Waals surface area contributed by atoms with Gasteiger partial charge in [-0.2, -0.15) is 4.98 Å². The number of methoxy groups -OCH3 is 1. The zero-order valence-electron chi connectivity index (χ0n) is 11.5. The zero-order chi connectivity index (χ0) is 13.0. The number of rotatable bonds is 5. The monoisotopic (exact) mass is 253 g/mol. The third-order valence-corrected chi connectivity index (χ3v) is 3.55. The largest absolute Gasteiger partial charge is 0.370 e. The summed E-state index contributed by atoms with van der Waals surface area (Å²) in [6.07, 6.45) is 5.55. The SMILES string of the molecule is COC1(c2noc(NCC(C)C)n2)CCCCC1. The molecule has 0 aromatic carbocycles. The van der Waals surface area contributed by atoms with Gasteiger partial charge in [0.15, 0.2) is 0 Å². The summed E-state index contributed by atoms with van der Waals surface area (Å²) in [6, 6.07) is 0.501. The third kappa shape index (κ3) is 2.83. The molecule has 18 heavy (non-hydrogen) atoms. The van der Waals surface area contributed by atoms with Gasteiger partial charge in [-0.1, -0.05) is 38.3 Å². The van der Waals surface area contributed by atoms with Crippen molar-refractivity contribution in [2.45, 2.75) is 51.6 Å². The van der Waals surface area contributed by atoms with E-state index in [0.29, 0.717) is 17.8 Å².